The number of hydrogen-bond donors (Lipinski definition) is 0. The first-order chi connectivity index (χ1) is 17.5. The van der Waals surface area contributed by atoms with Crippen molar-refractivity contribution in [3.05, 3.63) is 53.9 Å². The Morgan fingerprint density at radius 3 is 2.14 bits per heavy atom. The Labute approximate surface area is 217 Å². The lowest BCUT2D eigenvalue weighted by Gasteiger charge is -2.19. The van der Waals surface area contributed by atoms with Crippen LogP contribution in [0.15, 0.2) is 42.6 Å². The minimum Gasteiger partial charge on any atom is -0.493 e. The van der Waals surface area contributed by atoms with Crippen LogP contribution in [-0.2, 0) is 17.9 Å². The van der Waals surface area contributed by atoms with Gasteiger partial charge in [0.15, 0.2) is 17.7 Å². The lowest BCUT2D eigenvalue weighted by atomic mass is 10.1. The van der Waals surface area contributed by atoms with Crippen LogP contribution in [0.1, 0.15) is 101 Å². The minimum atomic E-state index is -0.353. The van der Waals surface area contributed by atoms with E-state index in [9.17, 15) is 9.59 Å². The number of amides is 2. The van der Waals surface area contributed by atoms with Crippen LogP contribution in [0.4, 0.5) is 0 Å². The molecule has 0 aliphatic rings. The van der Waals surface area contributed by atoms with Crippen LogP contribution in [0, 0.1) is 0 Å². The number of carbonyl (C=O) groups excluding carboxylic acids is 2. The Morgan fingerprint density at radius 2 is 1.53 bits per heavy atom. The molecule has 0 aliphatic carbocycles. The number of methoxy groups -OCH3 is 1. The van der Waals surface area contributed by atoms with Crippen LogP contribution in [0.2, 0.25) is 0 Å². The Balaban J connectivity index is 1.87. The van der Waals surface area contributed by atoms with Gasteiger partial charge in [-0.3, -0.25) is 14.5 Å². The van der Waals surface area contributed by atoms with Crippen molar-refractivity contribution in [3.8, 4) is 11.5 Å². The molecule has 0 N–H and O–H groups in total. The summed E-state index contributed by atoms with van der Waals surface area (Å²) in [6.45, 7) is 7.28. The summed E-state index contributed by atoms with van der Waals surface area (Å²) in [7, 11) is 1.56. The molecule has 0 fully saturated rings. The third kappa shape index (κ3) is 9.63. The van der Waals surface area contributed by atoms with E-state index in [1.54, 1.807) is 25.3 Å². The molecule has 0 aliphatic heterocycles. The van der Waals surface area contributed by atoms with Crippen molar-refractivity contribution in [1.29, 1.82) is 0 Å². The number of benzene rings is 1. The van der Waals surface area contributed by atoms with Gasteiger partial charge in [0, 0.05) is 24.6 Å². The van der Waals surface area contributed by atoms with Gasteiger partial charge >= 0.3 is 0 Å². The Hall–Kier alpha value is -2.89. The largest absolute Gasteiger partial charge is 0.493 e. The van der Waals surface area contributed by atoms with E-state index in [1.165, 1.54) is 63.2 Å². The van der Waals surface area contributed by atoms with Crippen LogP contribution in [0.25, 0.3) is 0 Å². The summed E-state index contributed by atoms with van der Waals surface area (Å²) in [5, 5.41) is 0. The fourth-order valence-electron chi connectivity index (χ4n) is 4.30. The molecule has 0 saturated carbocycles. The lowest BCUT2D eigenvalue weighted by Crippen LogP contribution is -2.43. The standard InChI is InChI=1S/C30H45N2O4/c1-5-7-8-9-10-11-12-13-14-17-22-36-28-20-19-26(23-29(28)35-4)30(34)32(25(3)33)24-27-18-15-16-21-31(27)6-2/h15-16,18-21,23H,5-14,17,22,24H2,1-4H3/q+1. The molecule has 2 aromatic rings. The van der Waals surface area contributed by atoms with Crippen LogP contribution >= 0.6 is 0 Å². The van der Waals surface area contributed by atoms with Crippen molar-refractivity contribution in [2.75, 3.05) is 13.7 Å². The molecule has 1 aromatic carbocycles. The number of aromatic nitrogens is 1. The maximum atomic E-state index is 13.2. The average molecular weight is 498 g/mol. The molecule has 1 heterocycles. The summed E-state index contributed by atoms with van der Waals surface area (Å²) >= 11 is 0. The molecule has 0 spiro atoms. The van der Waals surface area contributed by atoms with Gasteiger partial charge in [-0.1, -0.05) is 70.8 Å². The number of pyridine rings is 1. The summed E-state index contributed by atoms with van der Waals surface area (Å²) in [6, 6.07) is 10.9. The van der Waals surface area contributed by atoms with E-state index in [4.69, 9.17) is 9.47 Å². The molecule has 2 rings (SSSR count). The molecule has 2 amide bonds. The monoisotopic (exact) mass is 497 g/mol. The maximum absolute atomic E-state index is 13.2. The third-order valence-electron chi connectivity index (χ3n) is 6.49. The first-order valence-electron chi connectivity index (χ1n) is 13.6. The predicted molar refractivity (Wildman–Crippen MR) is 143 cm³/mol. The molecular weight excluding hydrogens is 452 g/mol. The first kappa shape index (κ1) is 29.3. The number of aryl methyl sites for hydroxylation is 1. The van der Waals surface area contributed by atoms with E-state index in [0.29, 0.717) is 23.7 Å². The lowest BCUT2D eigenvalue weighted by molar-refractivity contribution is -0.701. The summed E-state index contributed by atoms with van der Waals surface area (Å²) in [5.41, 5.74) is 1.29. The average Bonchev–Trinajstić information content (AvgIpc) is 2.90. The van der Waals surface area contributed by atoms with Gasteiger partial charge < -0.3 is 9.47 Å². The van der Waals surface area contributed by atoms with Gasteiger partial charge in [-0.2, -0.15) is 0 Å². The summed E-state index contributed by atoms with van der Waals surface area (Å²) in [6.07, 6.45) is 14.7. The minimum absolute atomic E-state index is 0.210. The second-order valence-electron chi connectivity index (χ2n) is 9.28. The molecular formula is C30H45N2O4+. The zero-order valence-electron chi connectivity index (χ0n) is 22.8. The van der Waals surface area contributed by atoms with Gasteiger partial charge in [0.25, 0.3) is 5.91 Å². The number of rotatable bonds is 17. The quantitative estimate of drug-likeness (QED) is 0.185. The molecule has 0 saturated heterocycles. The van der Waals surface area contributed by atoms with Gasteiger partial charge in [0.1, 0.15) is 13.1 Å². The normalized spacial score (nSPS) is 10.8. The number of nitrogens with zero attached hydrogens (tertiary/aromatic N) is 2. The van der Waals surface area contributed by atoms with Crippen molar-refractivity contribution in [2.24, 2.45) is 0 Å². The molecule has 36 heavy (non-hydrogen) atoms. The van der Waals surface area contributed by atoms with Crippen molar-refractivity contribution in [1.82, 2.24) is 4.90 Å². The predicted octanol–water partition coefficient (Wildman–Crippen LogP) is 6.49. The van der Waals surface area contributed by atoms with E-state index >= 15 is 0 Å². The number of hydrogen-bond acceptors (Lipinski definition) is 4. The second-order valence-corrected chi connectivity index (χ2v) is 9.28. The van der Waals surface area contributed by atoms with E-state index in [0.717, 1.165) is 25.1 Å². The van der Waals surface area contributed by atoms with E-state index < -0.39 is 0 Å². The van der Waals surface area contributed by atoms with Gasteiger partial charge in [-0.15, -0.1) is 0 Å². The number of unbranched alkanes of at least 4 members (excludes halogenated alkanes) is 9. The number of imide groups is 1. The van der Waals surface area contributed by atoms with Gasteiger partial charge in [-0.05, 0) is 31.5 Å². The zero-order valence-corrected chi connectivity index (χ0v) is 22.8. The highest BCUT2D eigenvalue weighted by Gasteiger charge is 2.24. The second kappa shape index (κ2) is 16.7. The Morgan fingerprint density at radius 1 is 0.861 bits per heavy atom. The molecule has 198 valence electrons. The third-order valence-corrected chi connectivity index (χ3v) is 6.49. The van der Waals surface area contributed by atoms with Crippen molar-refractivity contribution < 1.29 is 23.6 Å². The Bertz CT molecular complexity index is 944. The van der Waals surface area contributed by atoms with Gasteiger partial charge in [0.05, 0.1) is 13.7 Å². The van der Waals surface area contributed by atoms with E-state index in [1.807, 2.05) is 35.9 Å². The summed E-state index contributed by atoms with van der Waals surface area (Å²) in [5.74, 6) is 0.464. The van der Waals surface area contributed by atoms with Crippen LogP contribution in [0.5, 0.6) is 11.5 Å². The molecule has 0 radical (unpaired) electrons. The number of ether oxygens (including phenoxy) is 2. The summed E-state index contributed by atoms with van der Waals surface area (Å²) in [4.78, 5) is 26.8. The topological polar surface area (TPSA) is 59.7 Å². The fourth-order valence-corrected chi connectivity index (χ4v) is 4.30. The molecule has 6 nitrogen and oxygen atoms in total. The molecule has 6 heteroatoms. The van der Waals surface area contributed by atoms with Crippen molar-refractivity contribution in [2.45, 2.75) is 98.1 Å². The van der Waals surface area contributed by atoms with Crippen molar-refractivity contribution >= 4 is 11.8 Å². The highest BCUT2D eigenvalue weighted by molar-refractivity contribution is 6.04. The SMILES string of the molecule is CCCCCCCCCCCCOc1ccc(C(=O)N(Cc2cccc[n+]2CC)C(C)=O)cc1OC. The van der Waals surface area contributed by atoms with E-state index in [2.05, 4.69) is 6.92 Å². The first-order valence-corrected chi connectivity index (χ1v) is 13.6. The zero-order chi connectivity index (χ0) is 26.2. The molecule has 0 atom stereocenters. The molecule has 0 unspecified atom stereocenters. The van der Waals surface area contributed by atoms with Gasteiger partial charge in [-0.25, -0.2) is 4.57 Å². The maximum Gasteiger partial charge on any atom is 0.261 e. The highest BCUT2D eigenvalue weighted by Crippen LogP contribution is 2.29. The Kier molecular flexibility index (Phi) is 13.6. The van der Waals surface area contributed by atoms with Crippen LogP contribution in [0.3, 0.4) is 0 Å². The molecule has 1 aromatic heterocycles. The fraction of sp³-hybridized carbons (Fsp3) is 0.567. The summed E-state index contributed by atoms with van der Waals surface area (Å²) < 4.78 is 13.5. The molecule has 0 bridgehead atoms. The number of carbonyl (C=O) groups is 2. The van der Waals surface area contributed by atoms with Crippen LogP contribution in [-0.4, -0.2) is 30.4 Å². The smallest absolute Gasteiger partial charge is 0.261 e. The van der Waals surface area contributed by atoms with E-state index in [-0.39, 0.29) is 18.4 Å². The van der Waals surface area contributed by atoms with Crippen molar-refractivity contribution in [3.63, 3.8) is 0 Å². The highest BCUT2D eigenvalue weighted by atomic mass is 16.5. The van der Waals surface area contributed by atoms with Crippen LogP contribution < -0.4 is 14.0 Å². The van der Waals surface area contributed by atoms with Gasteiger partial charge in [0.2, 0.25) is 11.6 Å².